The second kappa shape index (κ2) is 2.67. The summed E-state index contributed by atoms with van der Waals surface area (Å²) in [5.41, 5.74) is 1.05. The number of hydrogen-bond donors (Lipinski definition) is 0. The van der Waals surface area contributed by atoms with Crippen molar-refractivity contribution in [1.29, 1.82) is 0 Å². The fourth-order valence-corrected chi connectivity index (χ4v) is 0.685. The topological polar surface area (TPSA) is 26.0 Å². The van der Waals surface area contributed by atoms with Crippen LogP contribution < -0.4 is 0 Å². The van der Waals surface area contributed by atoms with Gasteiger partial charge in [0, 0.05) is 12.0 Å². The summed E-state index contributed by atoms with van der Waals surface area (Å²) in [4.78, 5) is 0. The van der Waals surface area contributed by atoms with Crippen molar-refractivity contribution >= 4 is 0 Å². The number of hydrogen-bond acceptors (Lipinski definition) is 2. The average Bonchev–Trinajstić information content (AvgIpc) is 2.37. The number of nitrogens with zero attached hydrogens (tertiary/aromatic N) is 1. The van der Waals surface area contributed by atoms with Crippen LogP contribution in [0.3, 0.4) is 0 Å². The maximum atomic E-state index is 4.69. The second-order valence-electron chi connectivity index (χ2n) is 2.23. The molecule has 0 N–H and O–H groups in total. The van der Waals surface area contributed by atoms with E-state index in [2.05, 4.69) is 23.5 Å². The minimum Gasteiger partial charge on any atom is -0.365 e. The van der Waals surface area contributed by atoms with Gasteiger partial charge in [-0.2, -0.15) is 0 Å². The lowest BCUT2D eigenvalue weighted by atomic mass is 10.1. The highest BCUT2D eigenvalue weighted by Gasteiger charge is 2.03. The summed E-state index contributed by atoms with van der Waals surface area (Å²) >= 11 is 0. The Labute approximate surface area is 54.9 Å². The Morgan fingerprint density at radius 1 is 1.78 bits per heavy atom. The van der Waals surface area contributed by atoms with Crippen LogP contribution in [-0.2, 0) is 0 Å². The summed E-state index contributed by atoms with van der Waals surface area (Å²) in [5.74, 6) is 0.531. The number of rotatable bonds is 2. The Kier molecular flexibility index (Phi) is 1.88. The van der Waals surface area contributed by atoms with E-state index in [0.29, 0.717) is 5.92 Å². The first-order chi connectivity index (χ1) is 4.34. The van der Waals surface area contributed by atoms with E-state index in [9.17, 15) is 0 Å². The molecule has 0 spiro atoms. The molecular weight excluding hydrogens is 114 g/mol. The van der Waals surface area contributed by atoms with Crippen LogP contribution in [0.15, 0.2) is 16.9 Å². The van der Waals surface area contributed by atoms with E-state index < -0.39 is 0 Å². The molecule has 0 aliphatic heterocycles. The Hall–Kier alpha value is -0.790. The lowest BCUT2D eigenvalue weighted by molar-refractivity contribution is 0.406. The van der Waals surface area contributed by atoms with E-state index in [1.54, 1.807) is 6.26 Å². The van der Waals surface area contributed by atoms with Gasteiger partial charge in [-0.3, -0.25) is 0 Å². The Morgan fingerprint density at radius 2 is 2.56 bits per heavy atom. The van der Waals surface area contributed by atoms with Gasteiger partial charge in [-0.05, 0) is 6.42 Å². The van der Waals surface area contributed by atoms with Gasteiger partial charge in [0.2, 0.25) is 0 Å². The van der Waals surface area contributed by atoms with Crippen LogP contribution in [0.5, 0.6) is 0 Å². The predicted molar refractivity (Wildman–Crippen MR) is 35.2 cm³/mol. The van der Waals surface area contributed by atoms with Crippen molar-refractivity contribution < 1.29 is 4.52 Å². The highest BCUT2D eigenvalue weighted by atomic mass is 16.5. The zero-order valence-corrected chi connectivity index (χ0v) is 5.79. The van der Waals surface area contributed by atoms with Gasteiger partial charge in [0.05, 0.1) is 5.69 Å². The first-order valence-electron chi connectivity index (χ1n) is 3.25. The second-order valence-corrected chi connectivity index (χ2v) is 2.23. The van der Waals surface area contributed by atoms with Gasteiger partial charge in [0.25, 0.3) is 0 Å². The molecule has 1 aromatic rings. The Bertz CT molecular complexity index is 157. The SMILES string of the molecule is CC[C@@H](C)c1ccon1. The van der Waals surface area contributed by atoms with Crippen LogP contribution in [-0.4, -0.2) is 5.16 Å². The zero-order chi connectivity index (χ0) is 6.69. The molecule has 0 saturated carbocycles. The third-order valence-electron chi connectivity index (χ3n) is 1.58. The van der Waals surface area contributed by atoms with Crippen LogP contribution in [0.4, 0.5) is 0 Å². The molecule has 0 saturated heterocycles. The molecular formula is C7H11NO. The maximum absolute atomic E-state index is 4.69. The van der Waals surface area contributed by atoms with Crippen LogP contribution in [0.25, 0.3) is 0 Å². The minimum absolute atomic E-state index is 0.531. The summed E-state index contributed by atoms with van der Waals surface area (Å²) < 4.78 is 4.69. The summed E-state index contributed by atoms with van der Waals surface area (Å²) in [7, 11) is 0. The van der Waals surface area contributed by atoms with E-state index in [0.717, 1.165) is 12.1 Å². The first-order valence-corrected chi connectivity index (χ1v) is 3.25. The third-order valence-corrected chi connectivity index (χ3v) is 1.58. The molecule has 1 aromatic heterocycles. The minimum atomic E-state index is 0.531. The van der Waals surface area contributed by atoms with Crippen molar-refractivity contribution in [2.75, 3.05) is 0 Å². The van der Waals surface area contributed by atoms with Gasteiger partial charge in [0.15, 0.2) is 0 Å². The molecule has 2 nitrogen and oxygen atoms in total. The smallest absolute Gasteiger partial charge is 0.124 e. The third kappa shape index (κ3) is 1.31. The Balaban J connectivity index is 2.65. The molecule has 1 atom stereocenters. The fourth-order valence-electron chi connectivity index (χ4n) is 0.685. The summed E-state index contributed by atoms with van der Waals surface area (Å²) in [6, 6.07) is 1.91. The summed E-state index contributed by atoms with van der Waals surface area (Å²) in [6.07, 6.45) is 2.73. The van der Waals surface area contributed by atoms with E-state index >= 15 is 0 Å². The van der Waals surface area contributed by atoms with Crippen molar-refractivity contribution in [1.82, 2.24) is 5.16 Å². The summed E-state index contributed by atoms with van der Waals surface area (Å²) in [6.45, 7) is 4.28. The molecule has 0 aliphatic rings. The molecule has 2 heteroatoms. The molecule has 0 bridgehead atoms. The molecule has 0 aromatic carbocycles. The van der Waals surface area contributed by atoms with Crippen molar-refractivity contribution in [3.05, 3.63) is 18.0 Å². The van der Waals surface area contributed by atoms with Crippen molar-refractivity contribution in [2.24, 2.45) is 0 Å². The molecule has 50 valence electrons. The molecule has 1 rings (SSSR count). The van der Waals surface area contributed by atoms with E-state index in [-0.39, 0.29) is 0 Å². The van der Waals surface area contributed by atoms with Gasteiger partial charge >= 0.3 is 0 Å². The van der Waals surface area contributed by atoms with E-state index in [1.807, 2.05) is 6.07 Å². The highest BCUT2D eigenvalue weighted by Crippen LogP contribution is 2.14. The van der Waals surface area contributed by atoms with Gasteiger partial charge < -0.3 is 4.52 Å². The van der Waals surface area contributed by atoms with Crippen molar-refractivity contribution in [2.45, 2.75) is 26.2 Å². The number of aromatic nitrogens is 1. The Morgan fingerprint density at radius 3 is 3.00 bits per heavy atom. The van der Waals surface area contributed by atoms with Crippen LogP contribution in [0.1, 0.15) is 31.9 Å². The fraction of sp³-hybridized carbons (Fsp3) is 0.571. The predicted octanol–water partition coefficient (Wildman–Crippen LogP) is 2.19. The average molecular weight is 125 g/mol. The lowest BCUT2D eigenvalue weighted by Gasteiger charge is -1.99. The van der Waals surface area contributed by atoms with Crippen molar-refractivity contribution in [3.8, 4) is 0 Å². The molecule has 0 aliphatic carbocycles. The first kappa shape index (κ1) is 6.33. The highest BCUT2D eigenvalue weighted by molar-refractivity contribution is 5.01. The molecule has 0 fully saturated rings. The molecule has 0 radical (unpaired) electrons. The molecule has 0 amide bonds. The quantitative estimate of drug-likeness (QED) is 0.605. The monoisotopic (exact) mass is 125 g/mol. The van der Waals surface area contributed by atoms with E-state index in [1.165, 1.54) is 0 Å². The van der Waals surface area contributed by atoms with Crippen LogP contribution in [0.2, 0.25) is 0 Å². The largest absolute Gasteiger partial charge is 0.365 e. The molecule has 9 heavy (non-hydrogen) atoms. The van der Waals surface area contributed by atoms with Crippen LogP contribution in [0, 0.1) is 0 Å². The lowest BCUT2D eigenvalue weighted by Crippen LogP contribution is -1.89. The van der Waals surface area contributed by atoms with Gasteiger partial charge in [-0.25, -0.2) is 0 Å². The van der Waals surface area contributed by atoms with Gasteiger partial charge in [0.1, 0.15) is 6.26 Å². The van der Waals surface area contributed by atoms with Gasteiger partial charge in [-0.1, -0.05) is 19.0 Å². The van der Waals surface area contributed by atoms with Crippen molar-refractivity contribution in [3.63, 3.8) is 0 Å². The summed E-state index contributed by atoms with van der Waals surface area (Å²) in [5, 5.41) is 3.81. The molecule has 1 heterocycles. The standard InChI is InChI=1S/C7H11NO/c1-3-6(2)7-4-5-9-8-7/h4-6H,3H2,1-2H3/t6-/m1/s1. The normalized spacial score (nSPS) is 13.6. The van der Waals surface area contributed by atoms with E-state index in [4.69, 9.17) is 0 Å². The van der Waals surface area contributed by atoms with Gasteiger partial charge in [-0.15, -0.1) is 0 Å². The molecule has 0 unspecified atom stereocenters. The maximum Gasteiger partial charge on any atom is 0.124 e. The van der Waals surface area contributed by atoms with Crippen LogP contribution >= 0.6 is 0 Å². The zero-order valence-electron chi connectivity index (χ0n) is 5.79.